The van der Waals surface area contributed by atoms with Crippen LogP contribution in [0.2, 0.25) is 0 Å². The molecule has 5 rings (SSSR count). The van der Waals surface area contributed by atoms with Crippen molar-refractivity contribution in [3.8, 4) is 11.7 Å². The molecule has 43 heavy (non-hydrogen) atoms. The number of ether oxygens (including phenoxy) is 1. The summed E-state index contributed by atoms with van der Waals surface area (Å²) in [7, 11) is 0. The van der Waals surface area contributed by atoms with E-state index in [0.717, 1.165) is 43.7 Å². The number of aromatic nitrogens is 4. The first-order valence-electron chi connectivity index (χ1n) is 14.6. The van der Waals surface area contributed by atoms with Crippen LogP contribution in [0.15, 0.2) is 47.6 Å². The van der Waals surface area contributed by atoms with E-state index in [4.69, 9.17) is 9.72 Å². The highest BCUT2D eigenvalue weighted by atomic mass is 32.2. The Bertz CT molecular complexity index is 1440. The Kier molecular flexibility index (Phi) is 8.82. The molecule has 1 aliphatic carbocycles. The fourth-order valence-electron chi connectivity index (χ4n) is 5.57. The number of nitrogens with zero attached hydrogens (tertiary/aromatic N) is 5. The zero-order valence-corrected chi connectivity index (χ0v) is 25.7. The third-order valence-corrected chi connectivity index (χ3v) is 8.77. The van der Waals surface area contributed by atoms with E-state index in [2.05, 4.69) is 52.7 Å². The molecule has 3 aromatic heterocycles. The van der Waals surface area contributed by atoms with Crippen LogP contribution in [-0.2, 0) is 0 Å². The number of hydrogen-bond acceptors (Lipinski definition) is 8. The largest absolute Gasteiger partial charge is 0.477 e. The zero-order chi connectivity index (χ0) is 30.8. The number of anilines is 2. The Balaban J connectivity index is 1.33. The summed E-state index contributed by atoms with van der Waals surface area (Å²) in [6.45, 7) is 9.99. The van der Waals surface area contributed by atoms with Crippen LogP contribution < -0.4 is 19.7 Å². The number of nitrogens with one attached hydrogen (secondary N) is 2. The molecule has 232 valence electrons. The van der Waals surface area contributed by atoms with Crippen molar-refractivity contribution in [1.82, 2.24) is 24.5 Å². The molecular weight excluding hydrogens is 579 g/mol. The predicted octanol–water partition coefficient (Wildman–Crippen LogP) is 6.66. The van der Waals surface area contributed by atoms with E-state index in [-0.39, 0.29) is 43.2 Å². The molecule has 2 fully saturated rings. The summed E-state index contributed by atoms with van der Waals surface area (Å²) in [5.41, 5.74) is -1.43. The monoisotopic (exact) mass is 617 g/mol. The van der Waals surface area contributed by atoms with E-state index < -0.39 is 11.6 Å². The van der Waals surface area contributed by atoms with E-state index >= 15 is 0 Å². The van der Waals surface area contributed by atoms with Crippen molar-refractivity contribution in [3.63, 3.8) is 0 Å². The smallest absolute Gasteiger partial charge is 0.394 e. The molecule has 1 saturated carbocycles. The van der Waals surface area contributed by atoms with Crippen molar-refractivity contribution in [3.05, 3.63) is 48.2 Å². The second kappa shape index (κ2) is 12.3. The van der Waals surface area contributed by atoms with Crippen molar-refractivity contribution in [1.29, 1.82) is 0 Å². The average Bonchev–Trinajstić information content (AvgIpc) is 3.53. The first-order valence-corrected chi connectivity index (χ1v) is 15.4. The van der Waals surface area contributed by atoms with Crippen LogP contribution in [0, 0.1) is 11.3 Å². The fourth-order valence-corrected chi connectivity index (χ4v) is 6.17. The third kappa shape index (κ3) is 7.02. The highest BCUT2D eigenvalue weighted by Crippen LogP contribution is 2.59. The van der Waals surface area contributed by atoms with Gasteiger partial charge in [-0.25, -0.2) is 14.6 Å². The van der Waals surface area contributed by atoms with Crippen molar-refractivity contribution in [2.45, 2.75) is 76.5 Å². The minimum absolute atomic E-state index is 0.0712. The average molecular weight is 618 g/mol. The van der Waals surface area contributed by atoms with Gasteiger partial charge >= 0.3 is 6.18 Å². The number of halogens is 3. The van der Waals surface area contributed by atoms with E-state index in [9.17, 15) is 18.0 Å². The van der Waals surface area contributed by atoms with Crippen LogP contribution in [-0.4, -0.2) is 57.1 Å². The Labute approximate surface area is 254 Å². The maximum Gasteiger partial charge on any atom is 0.394 e. The second-order valence-electron chi connectivity index (χ2n) is 12.1. The van der Waals surface area contributed by atoms with Gasteiger partial charge in [-0.05, 0) is 76.1 Å². The highest BCUT2D eigenvalue weighted by molar-refractivity contribution is 7.97. The lowest BCUT2D eigenvalue weighted by Crippen LogP contribution is -2.40. The quantitative estimate of drug-likeness (QED) is 0.218. The van der Waals surface area contributed by atoms with Gasteiger partial charge in [-0.15, -0.1) is 5.10 Å². The SMILES string of the molecule is CCCNc1cccc(SNC(=O)c2ccc(-n3ccc(OCCC4(C(F)(F)F)CC4)n3)nc2N2C[C@H](C)CC2(C)C)n1. The normalized spacial score (nSPS) is 18.9. The number of hydrogen-bond donors (Lipinski definition) is 2. The minimum atomic E-state index is -4.21. The molecule has 0 spiro atoms. The maximum absolute atomic E-state index is 13.5. The Morgan fingerprint density at radius 3 is 2.63 bits per heavy atom. The molecule has 4 heterocycles. The molecular formula is C30H38F3N7O2S. The zero-order valence-electron chi connectivity index (χ0n) is 24.9. The van der Waals surface area contributed by atoms with E-state index in [1.807, 2.05) is 18.2 Å². The lowest BCUT2D eigenvalue weighted by molar-refractivity contribution is -0.190. The second-order valence-corrected chi connectivity index (χ2v) is 12.9. The maximum atomic E-state index is 13.5. The fraction of sp³-hybridized carbons (Fsp3) is 0.533. The summed E-state index contributed by atoms with van der Waals surface area (Å²) < 4.78 is 49.7. The van der Waals surface area contributed by atoms with Crippen molar-refractivity contribution >= 4 is 29.5 Å². The first-order chi connectivity index (χ1) is 20.4. The number of rotatable bonds is 12. The summed E-state index contributed by atoms with van der Waals surface area (Å²) in [5, 5.41) is 8.30. The molecule has 1 atom stereocenters. The van der Waals surface area contributed by atoms with Gasteiger partial charge in [-0.1, -0.05) is 19.9 Å². The van der Waals surface area contributed by atoms with Gasteiger partial charge in [0.05, 0.1) is 17.6 Å². The molecule has 2 aliphatic rings. The summed E-state index contributed by atoms with van der Waals surface area (Å²) >= 11 is 1.14. The molecule has 13 heteroatoms. The highest BCUT2D eigenvalue weighted by Gasteiger charge is 2.62. The molecule has 0 unspecified atom stereocenters. The molecule has 9 nitrogen and oxygen atoms in total. The van der Waals surface area contributed by atoms with Crippen molar-refractivity contribution in [2.24, 2.45) is 11.3 Å². The predicted molar refractivity (Wildman–Crippen MR) is 161 cm³/mol. The summed E-state index contributed by atoms with van der Waals surface area (Å²) in [5.74, 6) is 2.08. The molecule has 1 amide bonds. The number of amides is 1. The summed E-state index contributed by atoms with van der Waals surface area (Å²) in [6, 6.07) is 10.6. The van der Waals surface area contributed by atoms with E-state index in [0.29, 0.717) is 28.1 Å². The molecule has 3 aromatic rings. The van der Waals surface area contributed by atoms with Gasteiger partial charge in [-0.2, -0.15) is 13.2 Å². The van der Waals surface area contributed by atoms with Crippen LogP contribution in [0.1, 0.15) is 70.2 Å². The van der Waals surface area contributed by atoms with E-state index in [1.165, 1.54) is 4.68 Å². The van der Waals surface area contributed by atoms with Gasteiger partial charge in [0.15, 0.2) is 5.82 Å². The molecule has 0 radical (unpaired) electrons. The molecule has 0 aromatic carbocycles. The summed E-state index contributed by atoms with van der Waals surface area (Å²) in [4.78, 5) is 25.1. The molecule has 2 N–H and O–H groups in total. The standard InChI is InChI=1S/C30H38F3N7O2S/c1-5-15-34-22-7-6-8-25(35-22)43-38-27(41)21-9-10-23(36-26(21)39-19-20(2)18-28(39,3)4)40-16-11-24(37-40)42-17-14-29(12-13-29)30(31,32)33/h6-11,16,20H,5,12-15,17-19H2,1-4H3,(H,34,35)(H,38,41)/t20-/m1/s1. The Morgan fingerprint density at radius 1 is 1.16 bits per heavy atom. The van der Waals surface area contributed by atoms with Gasteiger partial charge < -0.3 is 15.0 Å². The van der Waals surface area contributed by atoms with Gasteiger partial charge in [0.2, 0.25) is 5.88 Å². The Morgan fingerprint density at radius 2 is 1.95 bits per heavy atom. The number of pyridine rings is 2. The number of alkyl halides is 3. The van der Waals surface area contributed by atoms with Crippen molar-refractivity contribution in [2.75, 3.05) is 29.9 Å². The number of carbonyl (C=O) groups excluding carboxylic acids is 1. The first kappa shape index (κ1) is 31.0. The van der Waals surface area contributed by atoms with Crippen molar-refractivity contribution < 1.29 is 22.7 Å². The lowest BCUT2D eigenvalue weighted by Gasteiger charge is -2.34. The van der Waals surface area contributed by atoms with Gasteiger partial charge in [0.1, 0.15) is 16.7 Å². The van der Waals surface area contributed by atoms with E-state index in [1.54, 1.807) is 24.4 Å². The number of carbonyl (C=O) groups is 1. The van der Waals surface area contributed by atoms with Crippen LogP contribution in [0.4, 0.5) is 24.8 Å². The van der Waals surface area contributed by atoms with Gasteiger partial charge in [-0.3, -0.25) is 9.52 Å². The third-order valence-electron chi connectivity index (χ3n) is 8.05. The molecule has 0 bridgehead atoms. The summed E-state index contributed by atoms with van der Waals surface area (Å²) in [6.07, 6.45) is -0.455. The van der Waals surface area contributed by atoms with Gasteiger partial charge in [0.25, 0.3) is 5.91 Å². The van der Waals surface area contributed by atoms with Crippen LogP contribution >= 0.6 is 11.9 Å². The van der Waals surface area contributed by atoms with Crippen LogP contribution in [0.5, 0.6) is 5.88 Å². The lowest BCUT2D eigenvalue weighted by atomic mass is 9.97. The Hall–Kier alpha value is -3.48. The van der Waals surface area contributed by atoms with Crippen LogP contribution in [0.3, 0.4) is 0 Å². The topological polar surface area (TPSA) is 97.2 Å². The van der Waals surface area contributed by atoms with Gasteiger partial charge in [0, 0.05) is 42.8 Å². The van der Waals surface area contributed by atoms with Crippen LogP contribution in [0.25, 0.3) is 5.82 Å². The minimum Gasteiger partial charge on any atom is -0.477 e. The molecule has 1 aliphatic heterocycles. The molecule has 1 saturated heterocycles.